The quantitative estimate of drug-likeness (QED) is 0.184. The third-order valence-corrected chi connectivity index (χ3v) is 8.78. The van der Waals surface area contributed by atoms with Crippen LogP contribution >= 0.6 is 0 Å². The highest BCUT2D eigenvalue weighted by Gasteiger charge is 2.36. The fourth-order valence-corrected chi connectivity index (χ4v) is 6.23. The zero-order valence-electron chi connectivity index (χ0n) is 22.0. The van der Waals surface area contributed by atoms with Gasteiger partial charge in [0, 0.05) is 0 Å². The van der Waals surface area contributed by atoms with E-state index in [2.05, 4.69) is 0 Å². The first-order chi connectivity index (χ1) is 20.1. The summed E-state index contributed by atoms with van der Waals surface area (Å²) in [4.78, 5) is 0. The van der Waals surface area contributed by atoms with Gasteiger partial charge in [-0.15, -0.1) is 0 Å². The summed E-state index contributed by atoms with van der Waals surface area (Å²) in [6.45, 7) is 0. The zero-order valence-corrected chi connectivity index (χ0v) is 22.8. The van der Waals surface area contributed by atoms with Crippen molar-refractivity contribution in [3.05, 3.63) is 154 Å². The molecule has 4 aromatic rings. The molecule has 2 nitrogen and oxygen atoms in total. The molecule has 2 unspecified atom stereocenters. The molecule has 0 aliphatic carbocycles. The molecule has 0 saturated heterocycles. The van der Waals surface area contributed by atoms with Crippen LogP contribution < -0.4 is 0 Å². The molecule has 0 aliphatic rings. The fourth-order valence-electron chi connectivity index (χ4n) is 4.25. The molecule has 4 aromatic carbocycles. The molecule has 0 aliphatic heterocycles. The third kappa shape index (κ3) is 7.98. The first-order valence-electron chi connectivity index (χ1n) is 12.6. The van der Waals surface area contributed by atoms with Gasteiger partial charge in [-0.2, -0.15) is 26.3 Å². The van der Waals surface area contributed by atoms with Crippen molar-refractivity contribution >= 4 is 22.0 Å². The van der Waals surface area contributed by atoms with E-state index in [1.165, 1.54) is 48.6 Å². The first kappa shape index (κ1) is 31.7. The normalized spacial score (nSPS) is 14.3. The highest BCUT2D eigenvalue weighted by molar-refractivity contribution is 7.92. The summed E-state index contributed by atoms with van der Waals surface area (Å²) in [5.41, 5.74) is -1.32. The van der Waals surface area contributed by atoms with Crippen molar-refractivity contribution in [1.29, 1.82) is 0 Å². The summed E-state index contributed by atoms with van der Waals surface area (Å²) in [6.07, 6.45) is -4.23. The molecule has 11 heteroatoms. The Kier molecular flexibility index (Phi) is 9.24. The smallest absolute Gasteiger partial charge is 0.227 e. The molecule has 0 heterocycles. The predicted octanol–water partition coefficient (Wildman–Crippen LogP) is 9.63. The minimum absolute atomic E-state index is 0.0431. The third-order valence-electron chi connectivity index (χ3n) is 6.51. The van der Waals surface area contributed by atoms with Crippen molar-refractivity contribution in [2.75, 3.05) is 0 Å². The Morgan fingerprint density at radius 1 is 0.488 bits per heavy atom. The van der Waals surface area contributed by atoms with Gasteiger partial charge in [0.05, 0.1) is 11.1 Å². The Bertz CT molecular complexity index is 1560. The van der Waals surface area contributed by atoms with E-state index >= 15 is 0 Å². The van der Waals surface area contributed by atoms with E-state index in [9.17, 15) is 43.5 Å². The molecule has 0 saturated carbocycles. The number of hydrogen-bond acceptors (Lipinski definition) is 2. The van der Waals surface area contributed by atoms with Crippen LogP contribution in [0.15, 0.2) is 109 Å². The van der Waals surface area contributed by atoms with E-state index in [1.807, 2.05) is 0 Å². The Labute approximate surface area is 242 Å². The van der Waals surface area contributed by atoms with Gasteiger partial charge in [-0.05, 0) is 70.8 Å². The second-order valence-electron chi connectivity index (χ2n) is 9.49. The van der Waals surface area contributed by atoms with Crippen molar-refractivity contribution in [3.63, 3.8) is 0 Å². The van der Waals surface area contributed by atoms with Crippen LogP contribution in [0.3, 0.4) is 0 Å². The maximum absolute atomic E-state index is 14.3. The van der Waals surface area contributed by atoms with E-state index in [0.717, 1.165) is 72.8 Å². The van der Waals surface area contributed by atoms with Crippen molar-refractivity contribution in [2.45, 2.75) is 22.9 Å². The minimum atomic E-state index is -4.68. The monoisotopic (exact) mass is 622 g/mol. The maximum atomic E-state index is 14.3. The van der Waals surface area contributed by atoms with Crippen molar-refractivity contribution in [3.8, 4) is 0 Å². The van der Waals surface area contributed by atoms with Gasteiger partial charge in [-0.1, -0.05) is 72.8 Å². The van der Waals surface area contributed by atoms with Crippen molar-refractivity contribution in [2.24, 2.45) is 0 Å². The lowest BCUT2D eigenvalue weighted by molar-refractivity contribution is -0.138. The van der Waals surface area contributed by atoms with Gasteiger partial charge in [0.15, 0.2) is 9.84 Å². The SMILES string of the molecule is O=S(=O)(C(/C=C/c1ccc(F)cc1)c1ccc(C(F)(F)F)cc1)C(/C=C/c1ccc(F)cc1)c1ccc(C(F)(F)F)cc1. The lowest BCUT2D eigenvalue weighted by Gasteiger charge is -2.22. The number of rotatable bonds is 8. The molecule has 2 atom stereocenters. The molecule has 0 N–H and O–H groups in total. The Hall–Kier alpha value is -4.25. The van der Waals surface area contributed by atoms with E-state index in [4.69, 9.17) is 0 Å². The van der Waals surface area contributed by atoms with E-state index in [-0.39, 0.29) is 11.1 Å². The molecule has 0 amide bonds. The van der Waals surface area contributed by atoms with Crippen LogP contribution in [0.2, 0.25) is 0 Å². The van der Waals surface area contributed by atoms with E-state index in [0.29, 0.717) is 11.1 Å². The zero-order chi connectivity index (χ0) is 31.4. The highest BCUT2D eigenvalue weighted by atomic mass is 32.2. The first-order valence-corrected chi connectivity index (χ1v) is 14.2. The second-order valence-corrected chi connectivity index (χ2v) is 11.7. The Morgan fingerprint density at radius 3 is 1.07 bits per heavy atom. The molecule has 224 valence electrons. The van der Waals surface area contributed by atoms with Gasteiger partial charge in [0.2, 0.25) is 0 Å². The Morgan fingerprint density at radius 2 is 0.791 bits per heavy atom. The maximum Gasteiger partial charge on any atom is 0.416 e. The van der Waals surface area contributed by atoms with Crippen LogP contribution in [0.25, 0.3) is 12.2 Å². The Balaban J connectivity index is 1.85. The van der Waals surface area contributed by atoms with Crippen LogP contribution in [0.4, 0.5) is 35.1 Å². The number of benzene rings is 4. The van der Waals surface area contributed by atoms with Gasteiger partial charge >= 0.3 is 12.4 Å². The van der Waals surface area contributed by atoms with Gasteiger partial charge in [0.1, 0.15) is 22.1 Å². The summed E-state index contributed by atoms with van der Waals surface area (Å²) in [6, 6.07) is 16.9. The molecule has 43 heavy (non-hydrogen) atoms. The van der Waals surface area contributed by atoms with Crippen LogP contribution in [-0.4, -0.2) is 8.42 Å². The lowest BCUT2D eigenvalue weighted by Crippen LogP contribution is -2.19. The predicted molar refractivity (Wildman–Crippen MR) is 148 cm³/mol. The standard InChI is InChI=1S/C32H22F8O2S/c33-27-15-1-21(2-16-27)5-19-29(23-7-11-25(12-8-23)31(35,36)37)43(41,42)30(20-6-22-3-17-28(34)18-4-22)24-9-13-26(14-10-24)32(38,39)40/h1-20,29-30H/b19-5+,20-6+. The van der Waals surface area contributed by atoms with Crippen LogP contribution in [-0.2, 0) is 22.2 Å². The van der Waals surface area contributed by atoms with E-state index in [1.54, 1.807) is 0 Å². The lowest BCUT2D eigenvalue weighted by atomic mass is 10.1. The molecule has 0 aromatic heterocycles. The molecular weight excluding hydrogens is 600 g/mol. The molecule has 0 radical (unpaired) electrons. The van der Waals surface area contributed by atoms with Gasteiger partial charge in [0.25, 0.3) is 0 Å². The second kappa shape index (κ2) is 12.5. The highest BCUT2D eigenvalue weighted by Crippen LogP contribution is 2.39. The molecule has 4 rings (SSSR count). The molecule has 0 bridgehead atoms. The molecule has 0 spiro atoms. The van der Waals surface area contributed by atoms with Crippen LogP contribution in [0.5, 0.6) is 0 Å². The number of halogens is 8. The minimum Gasteiger partial charge on any atom is -0.227 e. The summed E-state index contributed by atoms with van der Waals surface area (Å²) in [5, 5.41) is -3.16. The largest absolute Gasteiger partial charge is 0.416 e. The van der Waals surface area contributed by atoms with Gasteiger partial charge in [-0.25, -0.2) is 17.2 Å². The molecule has 0 fully saturated rings. The average Bonchev–Trinajstić information content (AvgIpc) is 2.94. The van der Waals surface area contributed by atoms with Gasteiger partial charge < -0.3 is 0 Å². The van der Waals surface area contributed by atoms with Crippen LogP contribution in [0.1, 0.15) is 43.9 Å². The number of sulfone groups is 1. The summed E-state index contributed by atoms with van der Waals surface area (Å²) in [5.74, 6) is -1.09. The summed E-state index contributed by atoms with van der Waals surface area (Å²) in [7, 11) is -4.51. The molecular formula is C32H22F8O2S. The van der Waals surface area contributed by atoms with Crippen LogP contribution in [0, 0.1) is 11.6 Å². The average molecular weight is 623 g/mol. The van der Waals surface area contributed by atoms with Crippen molar-refractivity contribution in [1.82, 2.24) is 0 Å². The van der Waals surface area contributed by atoms with E-state index < -0.39 is 55.5 Å². The number of hydrogen-bond donors (Lipinski definition) is 0. The summed E-state index contributed by atoms with van der Waals surface area (Å²) >= 11 is 0. The number of alkyl halides is 6. The van der Waals surface area contributed by atoms with Gasteiger partial charge in [-0.3, -0.25) is 0 Å². The fraction of sp³-hybridized carbons (Fsp3) is 0.125. The topological polar surface area (TPSA) is 34.1 Å². The van der Waals surface area contributed by atoms with Crippen molar-refractivity contribution < 1.29 is 43.5 Å². The summed E-state index contributed by atoms with van der Waals surface area (Å²) < 4.78 is 135.